The molecule has 0 aliphatic heterocycles. The minimum absolute atomic E-state index is 0.100. The average molecular weight is 335 g/mol. The smallest absolute Gasteiger partial charge is 0.255 e. The Bertz CT molecular complexity index is 830. The molecule has 3 rings (SSSR count). The molecule has 3 aromatic rings. The van der Waals surface area contributed by atoms with Crippen molar-refractivity contribution in [2.75, 3.05) is 0 Å². The van der Waals surface area contributed by atoms with E-state index >= 15 is 0 Å². The molecule has 128 valence electrons. The van der Waals surface area contributed by atoms with Crippen molar-refractivity contribution in [3.63, 3.8) is 0 Å². The highest BCUT2D eigenvalue weighted by Crippen LogP contribution is 2.18. The van der Waals surface area contributed by atoms with Crippen molar-refractivity contribution in [1.29, 1.82) is 0 Å². The van der Waals surface area contributed by atoms with Crippen LogP contribution >= 0.6 is 0 Å². The Morgan fingerprint density at radius 1 is 1.24 bits per heavy atom. The lowest BCUT2D eigenvalue weighted by atomic mass is 10.0. The van der Waals surface area contributed by atoms with E-state index in [-0.39, 0.29) is 11.9 Å². The molecule has 0 spiro atoms. The quantitative estimate of drug-likeness (QED) is 0.752. The summed E-state index contributed by atoms with van der Waals surface area (Å²) < 4.78 is 2.00. The Balaban J connectivity index is 1.77. The van der Waals surface area contributed by atoms with Crippen LogP contribution in [0.3, 0.4) is 0 Å². The second-order valence-electron chi connectivity index (χ2n) is 5.94. The van der Waals surface area contributed by atoms with Gasteiger partial charge in [0.2, 0.25) is 0 Å². The van der Waals surface area contributed by atoms with Crippen molar-refractivity contribution in [3.05, 3.63) is 77.9 Å². The monoisotopic (exact) mass is 335 g/mol. The number of imidazole rings is 1. The molecular formula is C19H21N5O. The standard InChI is InChI=1S/C19H21N5O/c1-14-17(12-21-15(2)22-14)19(25)23-18(16-6-4-3-5-7-16)8-10-24-11-9-20-13-24/h3-7,9,11-13,18H,8,10H2,1-2H3,(H,23,25). The highest BCUT2D eigenvalue weighted by Gasteiger charge is 2.18. The summed E-state index contributed by atoms with van der Waals surface area (Å²) in [4.78, 5) is 25.2. The van der Waals surface area contributed by atoms with Gasteiger partial charge in [0.05, 0.1) is 23.6 Å². The van der Waals surface area contributed by atoms with Crippen LogP contribution in [-0.4, -0.2) is 25.4 Å². The molecule has 1 N–H and O–H groups in total. The molecule has 6 heteroatoms. The number of amides is 1. The lowest BCUT2D eigenvalue weighted by molar-refractivity contribution is 0.0932. The van der Waals surface area contributed by atoms with E-state index in [9.17, 15) is 4.79 Å². The van der Waals surface area contributed by atoms with Crippen LogP contribution in [0.2, 0.25) is 0 Å². The molecule has 0 aliphatic rings. The highest BCUT2D eigenvalue weighted by atomic mass is 16.1. The summed E-state index contributed by atoms with van der Waals surface area (Å²) in [5.41, 5.74) is 2.27. The lowest BCUT2D eigenvalue weighted by Gasteiger charge is -2.20. The number of rotatable bonds is 6. The van der Waals surface area contributed by atoms with E-state index in [1.165, 1.54) is 0 Å². The third-order valence-corrected chi connectivity index (χ3v) is 4.09. The maximum absolute atomic E-state index is 12.7. The van der Waals surface area contributed by atoms with Crippen molar-refractivity contribution < 1.29 is 4.79 Å². The van der Waals surface area contributed by atoms with Gasteiger partial charge >= 0.3 is 0 Å². The summed E-state index contributed by atoms with van der Waals surface area (Å²) in [6, 6.07) is 9.87. The Hall–Kier alpha value is -3.02. The molecular weight excluding hydrogens is 314 g/mol. The molecule has 2 heterocycles. The number of aryl methyl sites for hydroxylation is 3. The van der Waals surface area contributed by atoms with Gasteiger partial charge in [0.25, 0.3) is 5.91 Å². The van der Waals surface area contributed by atoms with E-state index < -0.39 is 0 Å². The maximum Gasteiger partial charge on any atom is 0.255 e. The van der Waals surface area contributed by atoms with Crippen LogP contribution in [0.25, 0.3) is 0 Å². The lowest BCUT2D eigenvalue weighted by Crippen LogP contribution is -2.30. The van der Waals surface area contributed by atoms with Crippen LogP contribution in [0.4, 0.5) is 0 Å². The molecule has 1 aromatic carbocycles. The SMILES string of the molecule is Cc1ncc(C(=O)NC(CCn2ccnc2)c2ccccc2)c(C)n1. The van der Waals surface area contributed by atoms with Crippen LogP contribution in [-0.2, 0) is 6.54 Å². The molecule has 0 aliphatic carbocycles. The molecule has 0 bridgehead atoms. The normalized spacial score (nSPS) is 11.9. The van der Waals surface area contributed by atoms with Crippen molar-refractivity contribution in [2.45, 2.75) is 32.9 Å². The second-order valence-corrected chi connectivity index (χ2v) is 5.94. The highest BCUT2D eigenvalue weighted by molar-refractivity contribution is 5.95. The number of nitrogens with one attached hydrogen (secondary N) is 1. The van der Waals surface area contributed by atoms with Crippen molar-refractivity contribution in [3.8, 4) is 0 Å². The number of benzene rings is 1. The number of hydrogen-bond donors (Lipinski definition) is 1. The number of carbonyl (C=O) groups is 1. The fourth-order valence-electron chi connectivity index (χ4n) is 2.75. The second kappa shape index (κ2) is 7.70. The number of carbonyl (C=O) groups excluding carboxylic acids is 1. The van der Waals surface area contributed by atoms with Gasteiger partial charge in [-0.3, -0.25) is 4.79 Å². The third kappa shape index (κ3) is 4.29. The molecule has 25 heavy (non-hydrogen) atoms. The van der Waals surface area contributed by atoms with E-state index in [0.717, 1.165) is 18.5 Å². The van der Waals surface area contributed by atoms with Crippen LogP contribution in [0.15, 0.2) is 55.2 Å². The van der Waals surface area contributed by atoms with Gasteiger partial charge in [0.1, 0.15) is 5.82 Å². The van der Waals surface area contributed by atoms with Crippen molar-refractivity contribution in [2.24, 2.45) is 0 Å². The van der Waals surface area contributed by atoms with Gasteiger partial charge < -0.3 is 9.88 Å². The van der Waals surface area contributed by atoms with E-state index in [1.54, 1.807) is 18.7 Å². The molecule has 1 atom stereocenters. The van der Waals surface area contributed by atoms with E-state index in [0.29, 0.717) is 17.1 Å². The summed E-state index contributed by atoms with van der Waals surface area (Å²) in [6.45, 7) is 4.41. The summed E-state index contributed by atoms with van der Waals surface area (Å²) in [5, 5.41) is 3.12. The Labute approximate surface area is 147 Å². The first kappa shape index (κ1) is 16.8. The molecule has 0 fully saturated rings. The molecule has 6 nitrogen and oxygen atoms in total. The van der Waals surface area contributed by atoms with E-state index in [1.807, 2.05) is 54.9 Å². The van der Waals surface area contributed by atoms with Gasteiger partial charge in [0.15, 0.2) is 0 Å². The fourth-order valence-corrected chi connectivity index (χ4v) is 2.75. The number of hydrogen-bond acceptors (Lipinski definition) is 4. The molecule has 1 amide bonds. The Kier molecular flexibility index (Phi) is 5.18. The Morgan fingerprint density at radius 3 is 2.72 bits per heavy atom. The number of nitrogens with zero attached hydrogens (tertiary/aromatic N) is 4. The summed E-state index contributed by atoms with van der Waals surface area (Å²) >= 11 is 0. The third-order valence-electron chi connectivity index (χ3n) is 4.09. The van der Waals surface area contributed by atoms with Crippen LogP contribution in [0, 0.1) is 13.8 Å². The maximum atomic E-state index is 12.7. The minimum Gasteiger partial charge on any atom is -0.345 e. The largest absolute Gasteiger partial charge is 0.345 e. The van der Waals surface area contributed by atoms with Gasteiger partial charge in [0, 0.05) is 25.1 Å². The fraction of sp³-hybridized carbons (Fsp3) is 0.263. The van der Waals surface area contributed by atoms with Crippen molar-refractivity contribution in [1.82, 2.24) is 24.8 Å². The van der Waals surface area contributed by atoms with Gasteiger partial charge in [-0.1, -0.05) is 30.3 Å². The van der Waals surface area contributed by atoms with Crippen molar-refractivity contribution >= 4 is 5.91 Å². The predicted molar refractivity (Wildman–Crippen MR) is 95.0 cm³/mol. The zero-order valence-corrected chi connectivity index (χ0v) is 14.4. The summed E-state index contributed by atoms with van der Waals surface area (Å²) in [5.74, 6) is 0.505. The van der Waals surface area contributed by atoms with E-state index in [4.69, 9.17) is 0 Å². The van der Waals surface area contributed by atoms with Crippen LogP contribution in [0.1, 0.15) is 39.9 Å². The topological polar surface area (TPSA) is 72.7 Å². The Morgan fingerprint density at radius 2 is 2.04 bits per heavy atom. The van der Waals surface area contributed by atoms with Gasteiger partial charge in [-0.15, -0.1) is 0 Å². The summed E-state index contributed by atoms with van der Waals surface area (Å²) in [7, 11) is 0. The minimum atomic E-state index is -0.156. The molecule has 1 unspecified atom stereocenters. The van der Waals surface area contributed by atoms with Crippen LogP contribution < -0.4 is 5.32 Å². The van der Waals surface area contributed by atoms with Gasteiger partial charge in [-0.05, 0) is 25.8 Å². The zero-order valence-electron chi connectivity index (χ0n) is 14.4. The van der Waals surface area contributed by atoms with Gasteiger partial charge in [-0.25, -0.2) is 15.0 Å². The predicted octanol–water partition coefficient (Wildman–Crippen LogP) is 2.85. The molecule has 2 aromatic heterocycles. The van der Waals surface area contributed by atoms with Crippen LogP contribution in [0.5, 0.6) is 0 Å². The first-order chi connectivity index (χ1) is 12.1. The first-order valence-electron chi connectivity index (χ1n) is 8.25. The molecule has 0 saturated heterocycles. The van der Waals surface area contributed by atoms with Gasteiger partial charge in [-0.2, -0.15) is 0 Å². The van der Waals surface area contributed by atoms with E-state index in [2.05, 4.69) is 20.3 Å². The molecule has 0 radical (unpaired) electrons. The first-order valence-corrected chi connectivity index (χ1v) is 8.25. The summed E-state index contributed by atoms with van der Waals surface area (Å²) in [6.07, 6.45) is 7.80. The molecule has 0 saturated carbocycles. The average Bonchev–Trinajstić information content (AvgIpc) is 3.12. The number of aromatic nitrogens is 4. The zero-order chi connectivity index (χ0) is 17.6.